The Labute approximate surface area is 126 Å². The number of carboxylic acids is 1. The van der Waals surface area contributed by atoms with E-state index >= 15 is 0 Å². The SMILES string of the molecule is CCS(=O)(=O)[C@H]1[C@@H](c2ccc(Br)cc2)[C@@]1(CN)C(=O)O. The highest BCUT2D eigenvalue weighted by molar-refractivity contribution is 9.10. The van der Waals surface area contributed by atoms with Gasteiger partial charge in [-0.25, -0.2) is 8.42 Å². The molecule has 7 heteroatoms. The van der Waals surface area contributed by atoms with Crippen LogP contribution in [0.25, 0.3) is 0 Å². The number of carbonyl (C=O) groups is 1. The fourth-order valence-electron chi connectivity index (χ4n) is 2.84. The number of sulfone groups is 1. The molecule has 20 heavy (non-hydrogen) atoms. The van der Waals surface area contributed by atoms with E-state index in [2.05, 4.69) is 15.9 Å². The average molecular weight is 362 g/mol. The summed E-state index contributed by atoms with van der Waals surface area (Å²) in [4.78, 5) is 11.6. The van der Waals surface area contributed by atoms with Gasteiger partial charge in [0, 0.05) is 22.7 Å². The number of halogens is 1. The Kier molecular flexibility index (Phi) is 3.96. The van der Waals surface area contributed by atoms with Crippen LogP contribution in [0.1, 0.15) is 18.4 Å². The van der Waals surface area contributed by atoms with E-state index in [9.17, 15) is 18.3 Å². The summed E-state index contributed by atoms with van der Waals surface area (Å²) in [5, 5.41) is 8.52. The highest BCUT2D eigenvalue weighted by Crippen LogP contribution is 2.62. The van der Waals surface area contributed by atoms with Crippen molar-refractivity contribution in [2.45, 2.75) is 18.1 Å². The Morgan fingerprint density at radius 3 is 2.35 bits per heavy atom. The molecule has 0 radical (unpaired) electrons. The van der Waals surface area contributed by atoms with Gasteiger partial charge < -0.3 is 10.8 Å². The zero-order valence-corrected chi connectivity index (χ0v) is 13.3. The van der Waals surface area contributed by atoms with Crippen molar-refractivity contribution < 1.29 is 18.3 Å². The van der Waals surface area contributed by atoms with Crippen LogP contribution in [0, 0.1) is 5.41 Å². The van der Waals surface area contributed by atoms with Crippen molar-refractivity contribution in [2.75, 3.05) is 12.3 Å². The maximum atomic E-state index is 12.2. The van der Waals surface area contributed by atoms with Crippen LogP contribution < -0.4 is 5.73 Å². The van der Waals surface area contributed by atoms with E-state index in [0.29, 0.717) is 5.56 Å². The van der Waals surface area contributed by atoms with E-state index in [1.54, 1.807) is 24.3 Å². The van der Waals surface area contributed by atoms with Crippen LogP contribution in [-0.4, -0.2) is 37.0 Å². The molecule has 0 aliphatic heterocycles. The smallest absolute Gasteiger partial charge is 0.312 e. The van der Waals surface area contributed by atoms with Gasteiger partial charge in [-0.15, -0.1) is 0 Å². The number of rotatable bonds is 5. The van der Waals surface area contributed by atoms with Gasteiger partial charge in [-0.3, -0.25) is 4.79 Å². The molecule has 5 nitrogen and oxygen atoms in total. The molecular formula is C13H16BrNO4S. The fourth-order valence-corrected chi connectivity index (χ4v) is 5.18. The molecule has 3 atom stereocenters. The van der Waals surface area contributed by atoms with Gasteiger partial charge >= 0.3 is 5.97 Å². The zero-order chi connectivity index (χ0) is 15.1. The Hall–Kier alpha value is -0.920. The van der Waals surface area contributed by atoms with Crippen molar-refractivity contribution in [3.8, 4) is 0 Å². The van der Waals surface area contributed by atoms with Gasteiger partial charge in [0.2, 0.25) is 0 Å². The first-order valence-electron chi connectivity index (χ1n) is 6.21. The molecule has 3 N–H and O–H groups in total. The van der Waals surface area contributed by atoms with E-state index < -0.39 is 32.4 Å². The Balaban J connectivity index is 2.50. The van der Waals surface area contributed by atoms with Crippen LogP contribution in [0.5, 0.6) is 0 Å². The number of hydrogen-bond donors (Lipinski definition) is 2. The Bertz CT molecular complexity index is 628. The maximum absolute atomic E-state index is 12.2. The van der Waals surface area contributed by atoms with Crippen molar-refractivity contribution in [3.63, 3.8) is 0 Å². The van der Waals surface area contributed by atoms with E-state index in [1.807, 2.05) is 0 Å². The molecule has 0 spiro atoms. The molecule has 0 aromatic heterocycles. The molecule has 0 amide bonds. The number of benzene rings is 1. The number of carboxylic acid groups (broad SMARTS) is 1. The van der Waals surface area contributed by atoms with Crippen molar-refractivity contribution in [2.24, 2.45) is 11.1 Å². The second-order valence-corrected chi connectivity index (χ2v) is 8.28. The molecule has 1 aliphatic rings. The molecule has 2 rings (SSSR count). The topological polar surface area (TPSA) is 97.5 Å². The van der Waals surface area contributed by atoms with Gasteiger partial charge in [0.05, 0.1) is 5.25 Å². The van der Waals surface area contributed by atoms with Crippen LogP contribution in [0.3, 0.4) is 0 Å². The van der Waals surface area contributed by atoms with Crippen LogP contribution >= 0.6 is 15.9 Å². The summed E-state index contributed by atoms with van der Waals surface area (Å²) in [6.07, 6.45) is 0. The largest absolute Gasteiger partial charge is 0.481 e. The van der Waals surface area contributed by atoms with Crippen molar-refractivity contribution in [1.82, 2.24) is 0 Å². The summed E-state index contributed by atoms with van der Waals surface area (Å²) in [6.45, 7) is 1.34. The first-order chi connectivity index (χ1) is 9.31. The predicted octanol–water partition coefficient (Wildman–Crippen LogP) is 1.38. The van der Waals surface area contributed by atoms with Gasteiger partial charge in [0.25, 0.3) is 0 Å². The van der Waals surface area contributed by atoms with Gasteiger partial charge in [-0.2, -0.15) is 0 Å². The minimum Gasteiger partial charge on any atom is -0.481 e. The lowest BCUT2D eigenvalue weighted by atomic mass is 9.99. The van der Waals surface area contributed by atoms with Crippen molar-refractivity contribution in [1.29, 1.82) is 0 Å². The first kappa shape index (κ1) is 15.5. The van der Waals surface area contributed by atoms with E-state index in [4.69, 9.17) is 5.73 Å². The first-order valence-corrected chi connectivity index (χ1v) is 8.72. The van der Waals surface area contributed by atoms with Crippen LogP contribution in [-0.2, 0) is 14.6 Å². The highest BCUT2D eigenvalue weighted by Gasteiger charge is 2.74. The van der Waals surface area contributed by atoms with Crippen LogP contribution in [0.15, 0.2) is 28.7 Å². The maximum Gasteiger partial charge on any atom is 0.312 e. The van der Waals surface area contributed by atoms with Crippen molar-refractivity contribution in [3.05, 3.63) is 34.3 Å². The Morgan fingerprint density at radius 1 is 1.40 bits per heavy atom. The monoisotopic (exact) mass is 361 g/mol. The second-order valence-electron chi connectivity index (χ2n) is 4.95. The number of hydrogen-bond acceptors (Lipinski definition) is 4. The lowest BCUT2D eigenvalue weighted by molar-refractivity contribution is -0.143. The number of aliphatic carboxylic acids is 1. The summed E-state index contributed by atoms with van der Waals surface area (Å²) >= 11 is 3.30. The van der Waals surface area contributed by atoms with Gasteiger partial charge in [0.15, 0.2) is 9.84 Å². The third-order valence-electron chi connectivity index (χ3n) is 4.01. The van der Waals surface area contributed by atoms with Gasteiger partial charge in [-0.05, 0) is 17.7 Å². The quantitative estimate of drug-likeness (QED) is 0.825. The average Bonchev–Trinajstić information content (AvgIpc) is 3.11. The molecule has 1 aromatic rings. The highest BCUT2D eigenvalue weighted by atomic mass is 79.9. The molecule has 0 saturated heterocycles. The third-order valence-corrected chi connectivity index (χ3v) is 6.81. The van der Waals surface area contributed by atoms with Crippen LogP contribution in [0.4, 0.5) is 0 Å². The van der Waals surface area contributed by atoms with Crippen molar-refractivity contribution >= 4 is 31.7 Å². The molecule has 1 aliphatic carbocycles. The lowest BCUT2D eigenvalue weighted by Crippen LogP contribution is -2.32. The molecule has 1 aromatic carbocycles. The van der Waals surface area contributed by atoms with Crippen LogP contribution in [0.2, 0.25) is 0 Å². The fraction of sp³-hybridized carbons (Fsp3) is 0.462. The minimum atomic E-state index is -3.47. The lowest BCUT2D eigenvalue weighted by Gasteiger charge is -2.09. The summed E-state index contributed by atoms with van der Waals surface area (Å²) in [6, 6.07) is 7.03. The number of nitrogens with two attached hydrogens (primary N) is 1. The molecule has 0 heterocycles. The molecular weight excluding hydrogens is 346 g/mol. The Morgan fingerprint density at radius 2 is 1.95 bits per heavy atom. The molecule has 110 valence electrons. The van der Waals surface area contributed by atoms with Gasteiger partial charge in [-0.1, -0.05) is 35.0 Å². The standard InChI is InChI=1S/C13H16BrNO4S/c1-2-20(18,19)11-10(13(11,7-15)12(16)17)8-3-5-9(14)6-4-8/h3-6,10-11H,2,7,15H2,1H3,(H,16,17)/t10-,11+,13-/m1/s1. The molecule has 1 fully saturated rings. The molecule has 0 unspecified atom stereocenters. The summed E-state index contributed by atoms with van der Waals surface area (Å²) < 4.78 is 25.2. The van der Waals surface area contributed by atoms with Gasteiger partial charge in [0.1, 0.15) is 5.41 Å². The second kappa shape index (κ2) is 5.13. The summed E-state index contributed by atoms with van der Waals surface area (Å²) in [5.41, 5.74) is 4.91. The molecule has 0 bridgehead atoms. The van der Waals surface area contributed by atoms with E-state index in [0.717, 1.165) is 4.47 Å². The summed E-state index contributed by atoms with van der Waals surface area (Å²) in [7, 11) is -3.47. The normalized spacial score (nSPS) is 29.1. The minimum absolute atomic E-state index is 0.0836. The molecule has 1 saturated carbocycles. The zero-order valence-electron chi connectivity index (χ0n) is 10.9. The van der Waals surface area contributed by atoms with E-state index in [-0.39, 0.29) is 12.3 Å². The van der Waals surface area contributed by atoms with E-state index in [1.165, 1.54) is 6.92 Å². The summed E-state index contributed by atoms with van der Waals surface area (Å²) in [5.74, 6) is -1.81. The third kappa shape index (κ3) is 2.17. The predicted molar refractivity (Wildman–Crippen MR) is 79.3 cm³/mol.